The van der Waals surface area contributed by atoms with Crippen LogP contribution in [-0.2, 0) is 5.54 Å². The minimum Gasteiger partial charge on any atom is -0.340 e. The number of nitrogens with two attached hydrogens (primary N) is 1. The fraction of sp³-hybridized carbons (Fsp3) is 0.214. The molecule has 0 bridgehead atoms. The van der Waals surface area contributed by atoms with Crippen molar-refractivity contribution in [3.63, 3.8) is 0 Å². The van der Waals surface area contributed by atoms with E-state index >= 15 is 0 Å². The first-order valence-electron chi connectivity index (χ1n) is 6.06. The van der Waals surface area contributed by atoms with Crippen LogP contribution in [0.15, 0.2) is 36.8 Å². The Kier molecular flexibility index (Phi) is 2.57. The summed E-state index contributed by atoms with van der Waals surface area (Å²) in [5.41, 5.74) is 8.05. The van der Waals surface area contributed by atoms with Crippen molar-refractivity contribution < 1.29 is 4.79 Å². The number of benzene rings is 1. The third-order valence-electron chi connectivity index (χ3n) is 3.32. The molecule has 1 heterocycles. The third-order valence-corrected chi connectivity index (χ3v) is 3.32. The van der Waals surface area contributed by atoms with Gasteiger partial charge in [-0.05, 0) is 36.8 Å². The van der Waals surface area contributed by atoms with Crippen LogP contribution < -0.4 is 11.1 Å². The van der Waals surface area contributed by atoms with E-state index in [0.717, 1.165) is 16.8 Å². The highest BCUT2D eigenvalue weighted by molar-refractivity contribution is 6.02. The number of anilines is 2. The molecule has 0 spiro atoms. The first-order valence-corrected chi connectivity index (χ1v) is 6.06. The summed E-state index contributed by atoms with van der Waals surface area (Å²) >= 11 is 0. The van der Waals surface area contributed by atoms with Gasteiger partial charge in [0.25, 0.3) is 0 Å². The predicted octanol–water partition coefficient (Wildman–Crippen LogP) is 1.98. The number of hydrogen-bond acceptors (Lipinski definition) is 5. The number of ketones is 1. The fourth-order valence-corrected chi connectivity index (χ4v) is 2.37. The van der Waals surface area contributed by atoms with Crippen molar-refractivity contribution in [1.29, 1.82) is 0 Å². The zero-order valence-corrected chi connectivity index (χ0v) is 10.6. The van der Waals surface area contributed by atoms with Crippen molar-refractivity contribution >= 4 is 17.3 Å². The number of carbonyl (C=O) groups excluding carboxylic acids is 1. The molecule has 19 heavy (non-hydrogen) atoms. The van der Waals surface area contributed by atoms with Crippen molar-refractivity contribution in [1.82, 2.24) is 9.97 Å². The van der Waals surface area contributed by atoms with Crippen molar-refractivity contribution in [2.75, 3.05) is 5.32 Å². The van der Waals surface area contributed by atoms with Crippen molar-refractivity contribution in [3.8, 4) is 0 Å². The zero-order chi connectivity index (χ0) is 13.5. The second-order valence-corrected chi connectivity index (χ2v) is 5.00. The fourth-order valence-electron chi connectivity index (χ4n) is 2.37. The molecule has 1 aliphatic rings. The Labute approximate surface area is 110 Å². The Hall–Kier alpha value is -2.27. The van der Waals surface area contributed by atoms with Gasteiger partial charge in [0, 0.05) is 29.4 Å². The molecule has 1 aliphatic carbocycles. The minimum atomic E-state index is -0.588. The molecule has 5 heteroatoms. The number of aromatic nitrogens is 2. The van der Waals surface area contributed by atoms with Crippen LogP contribution in [0.25, 0.3) is 0 Å². The maximum absolute atomic E-state index is 11.8. The summed E-state index contributed by atoms with van der Waals surface area (Å²) in [5, 5.41) is 3.17. The summed E-state index contributed by atoms with van der Waals surface area (Å²) in [7, 11) is 0. The molecule has 3 N–H and O–H groups in total. The van der Waals surface area contributed by atoms with E-state index in [1.54, 1.807) is 12.3 Å². The summed E-state index contributed by atoms with van der Waals surface area (Å²) in [4.78, 5) is 19.8. The molecule has 0 saturated carbocycles. The first kappa shape index (κ1) is 11.8. The Bertz CT molecular complexity index is 637. The van der Waals surface area contributed by atoms with E-state index < -0.39 is 5.54 Å². The lowest BCUT2D eigenvalue weighted by Gasteiger charge is -2.18. The van der Waals surface area contributed by atoms with Gasteiger partial charge < -0.3 is 11.1 Å². The van der Waals surface area contributed by atoms with Gasteiger partial charge in [-0.25, -0.2) is 9.97 Å². The number of nitrogens with one attached hydrogen (secondary N) is 1. The lowest BCUT2D eigenvalue weighted by Crippen LogP contribution is -2.30. The quantitative estimate of drug-likeness (QED) is 0.856. The monoisotopic (exact) mass is 254 g/mol. The van der Waals surface area contributed by atoms with Gasteiger partial charge in [-0.2, -0.15) is 0 Å². The Morgan fingerprint density at radius 3 is 2.95 bits per heavy atom. The number of carbonyl (C=O) groups is 1. The summed E-state index contributed by atoms with van der Waals surface area (Å²) in [6.45, 7) is 1.88. The van der Waals surface area contributed by atoms with Crippen LogP contribution in [0.5, 0.6) is 0 Å². The molecule has 1 atom stereocenters. The van der Waals surface area contributed by atoms with E-state index in [1.165, 1.54) is 6.33 Å². The molecule has 5 nitrogen and oxygen atoms in total. The van der Waals surface area contributed by atoms with Crippen LogP contribution in [0.4, 0.5) is 11.5 Å². The van der Waals surface area contributed by atoms with E-state index in [1.807, 2.05) is 25.1 Å². The molecule has 1 unspecified atom stereocenters. The number of nitrogens with zero attached hydrogens (tertiary/aromatic N) is 2. The van der Waals surface area contributed by atoms with Crippen LogP contribution in [-0.4, -0.2) is 15.8 Å². The highest BCUT2D eigenvalue weighted by Gasteiger charge is 2.36. The number of Topliss-reactive ketones (excluding diaryl/α,β-unsaturated/α-hetero) is 1. The largest absolute Gasteiger partial charge is 0.340 e. The first-order chi connectivity index (χ1) is 9.06. The summed E-state index contributed by atoms with van der Waals surface area (Å²) < 4.78 is 0. The van der Waals surface area contributed by atoms with Crippen LogP contribution in [0.1, 0.15) is 29.3 Å². The number of hydrogen-bond donors (Lipinski definition) is 2. The van der Waals surface area contributed by atoms with Gasteiger partial charge in [-0.3, -0.25) is 4.79 Å². The molecule has 0 radical (unpaired) electrons. The van der Waals surface area contributed by atoms with Crippen LogP contribution in [0.2, 0.25) is 0 Å². The van der Waals surface area contributed by atoms with Crippen molar-refractivity contribution in [2.24, 2.45) is 5.73 Å². The van der Waals surface area contributed by atoms with Gasteiger partial charge in [-0.1, -0.05) is 0 Å². The van der Waals surface area contributed by atoms with E-state index in [2.05, 4.69) is 15.3 Å². The molecule has 1 aromatic heterocycles. The topological polar surface area (TPSA) is 80.9 Å². The molecule has 0 saturated heterocycles. The molecule has 2 aromatic rings. The smallest absolute Gasteiger partial charge is 0.165 e. The van der Waals surface area contributed by atoms with Gasteiger partial charge in [0.1, 0.15) is 12.1 Å². The van der Waals surface area contributed by atoms with E-state index in [9.17, 15) is 4.79 Å². The van der Waals surface area contributed by atoms with Gasteiger partial charge in [0.2, 0.25) is 0 Å². The lowest BCUT2D eigenvalue weighted by atomic mass is 9.95. The molecular weight excluding hydrogens is 240 g/mol. The van der Waals surface area contributed by atoms with E-state index in [4.69, 9.17) is 5.73 Å². The average Bonchev–Trinajstić information content (AvgIpc) is 2.61. The number of rotatable bonds is 2. The van der Waals surface area contributed by atoms with Crippen LogP contribution >= 0.6 is 0 Å². The Balaban J connectivity index is 1.96. The lowest BCUT2D eigenvalue weighted by molar-refractivity contribution is 0.0977. The van der Waals surface area contributed by atoms with Crippen molar-refractivity contribution in [2.45, 2.75) is 18.9 Å². The van der Waals surface area contributed by atoms with Gasteiger partial charge in [-0.15, -0.1) is 0 Å². The molecule has 0 amide bonds. The average molecular weight is 254 g/mol. The Morgan fingerprint density at radius 1 is 1.37 bits per heavy atom. The molecule has 96 valence electrons. The molecule has 0 aliphatic heterocycles. The minimum absolute atomic E-state index is 0.105. The predicted molar refractivity (Wildman–Crippen MR) is 72.2 cm³/mol. The standard InChI is InChI=1S/C14H14N4O/c1-14(15)7-12(19)10-3-2-9(6-11(10)14)18-13-4-5-16-8-17-13/h2-6,8H,7,15H2,1H3,(H,16,17,18). The summed E-state index contributed by atoms with van der Waals surface area (Å²) in [6.07, 6.45) is 3.50. The normalized spacial score (nSPS) is 21.3. The zero-order valence-electron chi connectivity index (χ0n) is 10.6. The van der Waals surface area contributed by atoms with Gasteiger partial charge >= 0.3 is 0 Å². The SMILES string of the molecule is CC1(N)CC(=O)c2ccc(Nc3ccncn3)cc21. The van der Waals surface area contributed by atoms with E-state index in [0.29, 0.717) is 12.2 Å². The molecule has 3 rings (SSSR count). The number of fused-ring (bicyclic) bond motifs is 1. The highest BCUT2D eigenvalue weighted by Crippen LogP contribution is 2.36. The highest BCUT2D eigenvalue weighted by atomic mass is 16.1. The van der Waals surface area contributed by atoms with Crippen molar-refractivity contribution in [3.05, 3.63) is 47.9 Å². The third kappa shape index (κ3) is 2.08. The maximum Gasteiger partial charge on any atom is 0.165 e. The molecule has 1 aromatic carbocycles. The maximum atomic E-state index is 11.8. The summed E-state index contributed by atoms with van der Waals surface area (Å²) in [5.74, 6) is 0.812. The second-order valence-electron chi connectivity index (χ2n) is 5.00. The van der Waals surface area contributed by atoms with Crippen LogP contribution in [0.3, 0.4) is 0 Å². The second kappa shape index (κ2) is 4.13. The Morgan fingerprint density at radius 2 is 2.21 bits per heavy atom. The molecular formula is C14H14N4O. The van der Waals surface area contributed by atoms with Gasteiger partial charge in [0.15, 0.2) is 5.78 Å². The van der Waals surface area contributed by atoms with Gasteiger partial charge in [0.05, 0.1) is 0 Å². The summed E-state index contributed by atoms with van der Waals surface area (Å²) in [6, 6.07) is 7.38. The van der Waals surface area contributed by atoms with E-state index in [-0.39, 0.29) is 5.78 Å². The molecule has 0 fully saturated rings. The van der Waals surface area contributed by atoms with Crippen LogP contribution in [0, 0.1) is 0 Å².